The third kappa shape index (κ3) is 3.04. The highest BCUT2D eigenvalue weighted by atomic mass is 16.5. The van der Waals surface area contributed by atoms with Gasteiger partial charge in [0.1, 0.15) is 0 Å². The largest absolute Gasteiger partial charge is 0.378 e. The predicted octanol–water partition coefficient (Wildman–Crippen LogP) is -1.45. The van der Waals surface area contributed by atoms with Gasteiger partial charge in [0.05, 0.1) is 19.3 Å². The van der Waals surface area contributed by atoms with Gasteiger partial charge in [0.25, 0.3) is 5.91 Å². The molecular formula is C11H20N4O2. The van der Waals surface area contributed by atoms with Crippen molar-refractivity contribution < 1.29 is 9.53 Å². The fourth-order valence-corrected chi connectivity index (χ4v) is 2.16. The molecule has 6 heteroatoms. The zero-order valence-electron chi connectivity index (χ0n) is 10.0. The first-order chi connectivity index (χ1) is 8.20. The van der Waals surface area contributed by atoms with Gasteiger partial charge >= 0.3 is 0 Å². The van der Waals surface area contributed by atoms with Crippen LogP contribution in [0.1, 0.15) is 0 Å². The SMILES string of the molecule is C=C(CN1CCN(C2COC2)CC1)C(=O)NN. The summed E-state index contributed by atoms with van der Waals surface area (Å²) < 4.78 is 5.19. The van der Waals surface area contributed by atoms with Gasteiger partial charge in [-0.25, -0.2) is 5.84 Å². The summed E-state index contributed by atoms with van der Waals surface area (Å²) in [7, 11) is 0. The van der Waals surface area contributed by atoms with E-state index in [1.165, 1.54) is 0 Å². The quantitative estimate of drug-likeness (QED) is 0.272. The Balaban J connectivity index is 1.71. The van der Waals surface area contributed by atoms with E-state index in [0.717, 1.165) is 39.4 Å². The smallest absolute Gasteiger partial charge is 0.261 e. The van der Waals surface area contributed by atoms with E-state index in [1.807, 2.05) is 0 Å². The van der Waals surface area contributed by atoms with Gasteiger partial charge in [-0.2, -0.15) is 0 Å². The van der Waals surface area contributed by atoms with Crippen molar-refractivity contribution in [2.45, 2.75) is 6.04 Å². The minimum atomic E-state index is -0.278. The first-order valence-electron chi connectivity index (χ1n) is 5.93. The van der Waals surface area contributed by atoms with Crippen molar-refractivity contribution in [2.75, 3.05) is 45.9 Å². The van der Waals surface area contributed by atoms with E-state index >= 15 is 0 Å². The van der Waals surface area contributed by atoms with E-state index in [9.17, 15) is 4.79 Å². The number of rotatable bonds is 4. The average molecular weight is 240 g/mol. The highest BCUT2D eigenvalue weighted by Crippen LogP contribution is 2.13. The minimum absolute atomic E-state index is 0.278. The molecule has 2 aliphatic heterocycles. The predicted molar refractivity (Wildman–Crippen MR) is 64.1 cm³/mol. The number of nitrogens with two attached hydrogens (primary N) is 1. The summed E-state index contributed by atoms with van der Waals surface area (Å²) in [6.45, 7) is 10.1. The van der Waals surface area contributed by atoms with Gasteiger partial charge in [0.15, 0.2) is 0 Å². The minimum Gasteiger partial charge on any atom is -0.378 e. The Kier molecular flexibility index (Phi) is 4.11. The van der Waals surface area contributed by atoms with Crippen LogP contribution < -0.4 is 11.3 Å². The van der Waals surface area contributed by atoms with Gasteiger partial charge in [-0.15, -0.1) is 0 Å². The number of amides is 1. The van der Waals surface area contributed by atoms with E-state index in [4.69, 9.17) is 10.6 Å². The Morgan fingerprint density at radius 2 is 2.00 bits per heavy atom. The Morgan fingerprint density at radius 3 is 2.47 bits per heavy atom. The highest BCUT2D eigenvalue weighted by Gasteiger charge is 2.29. The zero-order chi connectivity index (χ0) is 12.3. The highest BCUT2D eigenvalue weighted by molar-refractivity contribution is 5.92. The zero-order valence-corrected chi connectivity index (χ0v) is 10.0. The lowest BCUT2D eigenvalue weighted by Crippen LogP contribution is -2.56. The lowest BCUT2D eigenvalue weighted by Gasteiger charge is -2.42. The standard InChI is InChI=1S/C11H20N4O2/c1-9(11(16)13-12)6-14-2-4-15(5-3-14)10-7-17-8-10/h10H,1-8,12H2,(H,13,16). The van der Waals surface area contributed by atoms with E-state index in [2.05, 4.69) is 21.8 Å². The number of carbonyl (C=O) groups is 1. The van der Waals surface area contributed by atoms with Crippen LogP contribution in [-0.2, 0) is 9.53 Å². The second-order valence-electron chi connectivity index (χ2n) is 4.58. The van der Waals surface area contributed by atoms with Crippen LogP contribution in [0.5, 0.6) is 0 Å². The summed E-state index contributed by atoms with van der Waals surface area (Å²) in [6.07, 6.45) is 0. The Bertz CT molecular complexity index is 296. The molecule has 3 N–H and O–H groups in total. The summed E-state index contributed by atoms with van der Waals surface area (Å²) >= 11 is 0. The molecule has 0 aromatic rings. The summed E-state index contributed by atoms with van der Waals surface area (Å²) in [5.74, 6) is 4.79. The average Bonchev–Trinajstić information content (AvgIpc) is 2.28. The van der Waals surface area contributed by atoms with Gasteiger partial charge in [-0.1, -0.05) is 6.58 Å². The van der Waals surface area contributed by atoms with Gasteiger partial charge in [0, 0.05) is 38.3 Å². The third-order valence-electron chi connectivity index (χ3n) is 3.41. The molecule has 0 unspecified atom stereocenters. The molecule has 0 bridgehead atoms. The Hall–Kier alpha value is -0.950. The van der Waals surface area contributed by atoms with Crippen LogP contribution in [0.4, 0.5) is 0 Å². The fraction of sp³-hybridized carbons (Fsp3) is 0.727. The number of nitrogens with zero attached hydrogens (tertiary/aromatic N) is 2. The van der Waals surface area contributed by atoms with Gasteiger partial charge in [-0.05, 0) is 0 Å². The fourth-order valence-electron chi connectivity index (χ4n) is 2.16. The monoisotopic (exact) mass is 240 g/mol. The number of ether oxygens (including phenoxy) is 1. The first-order valence-corrected chi connectivity index (χ1v) is 5.93. The van der Waals surface area contributed by atoms with Crippen LogP contribution in [0.2, 0.25) is 0 Å². The maximum atomic E-state index is 11.2. The van der Waals surface area contributed by atoms with Crippen LogP contribution in [0, 0.1) is 0 Å². The van der Waals surface area contributed by atoms with Crippen LogP contribution in [-0.4, -0.2) is 67.7 Å². The van der Waals surface area contributed by atoms with Crippen molar-refractivity contribution in [3.63, 3.8) is 0 Å². The molecule has 0 atom stereocenters. The van der Waals surface area contributed by atoms with Crippen molar-refractivity contribution in [3.05, 3.63) is 12.2 Å². The molecule has 2 heterocycles. The number of hydrogen-bond donors (Lipinski definition) is 2. The summed E-state index contributed by atoms with van der Waals surface area (Å²) in [5, 5.41) is 0. The van der Waals surface area contributed by atoms with Crippen LogP contribution in [0.3, 0.4) is 0 Å². The summed E-state index contributed by atoms with van der Waals surface area (Å²) in [6, 6.07) is 0.604. The summed E-state index contributed by atoms with van der Waals surface area (Å²) in [4.78, 5) is 15.9. The molecule has 96 valence electrons. The molecule has 2 rings (SSSR count). The summed E-state index contributed by atoms with van der Waals surface area (Å²) in [5.41, 5.74) is 2.63. The number of carbonyl (C=O) groups excluding carboxylic acids is 1. The van der Waals surface area contributed by atoms with E-state index in [1.54, 1.807) is 0 Å². The molecule has 2 fully saturated rings. The molecule has 0 spiro atoms. The molecule has 1 amide bonds. The molecule has 0 aliphatic carbocycles. The van der Waals surface area contributed by atoms with E-state index in [0.29, 0.717) is 18.2 Å². The van der Waals surface area contributed by atoms with Crippen molar-refractivity contribution in [3.8, 4) is 0 Å². The normalized spacial score (nSPS) is 23.1. The second-order valence-corrected chi connectivity index (χ2v) is 4.58. The number of nitrogens with one attached hydrogen (secondary N) is 1. The molecule has 0 aromatic heterocycles. The van der Waals surface area contributed by atoms with Crippen molar-refractivity contribution >= 4 is 5.91 Å². The molecule has 6 nitrogen and oxygen atoms in total. The van der Waals surface area contributed by atoms with E-state index < -0.39 is 0 Å². The molecule has 17 heavy (non-hydrogen) atoms. The van der Waals surface area contributed by atoms with E-state index in [-0.39, 0.29) is 5.91 Å². The van der Waals surface area contributed by atoms with Crippen LogP contribution in [0.25, 0.3) is 0 Å². The van der Waals surface area contributed by atoms with Crippen molar-refractivity contribution in [1.29, 1.82) is 0 Å². The number of hydrogen-bond acceptors (Lipinski definition) is 5. The molecule has 0 aromatic carbocycles. The maximum absolute atomic E-state index is 11.2. The molecular weight excluding hydrogens is 220 g/mol. The number of piperazine rings is 1. The Morgan fingerprint density at radius 1 is 1.35 bits per heavy atom. The lowest BCUT2D eigenvalue weighted by molar-refractivity contribution is -0.117. The van der Waals surface area contributed by atoms with Gasteiger partial charge < -0.3 is 4.74 Å². The maximum Gasteiger partial charge on any atom is 0.261 e. The lowest BCUT2D eigenvalue weighted by atomic mass is 10.1. The molecule has 2 saturated heterocycles. The Labute approximate surface area is 101 Å². The molecule has 0 saturated carbocycles. The van der Waals surface area contributed by atoms with Crippen molar-refractivity contribution in [1.82, 2.24) is 15.2 Å². The van der Waals surface area contributed by atoms with Gasteiger partial charge in [-0.3, -0.25) is 20.0 Å². The van der Waals surface area contributed by atoms with Crippen LogP contribution >= 0.6 is 0 Å². The third-order valence-corrected chi connectivity index (χ3v) is 3.41. The molecule has 0 radical (unpaired) electrons. The second kappa shape index (κ2) is 5.59. The van der Waals surface area contributed by atoms with Crippen molar-refractivity contribution in [2.24, 2.45) is 5.84 Å². The topological polar surface area (TPSA) is 70.8 Å². The molecule has 2 aliphatic rings. The van der Waals surface area contributed by atoms with Gasteiger partial charge in [0.2, 0.25) is 0 Å². The number of hydrazine groups is 1. The first kappa shape index (κ1) is 12.5. The van der Waals surface area contributed by atoms with Crippen LogP contribution in [0.15, 0.2) is 12.2 Å².